The van der Waals surface area contributed by atoms with Crippen LogP contribution in [0.1, 0.15) is 40.0 Å². The zero-order valence-electron chi connectivity index (χ0n) is 13.7. The number of carbonyl (C=O) groups is 1. The lowest BCUT2D eigenvalue weighted by Crippen LogP contribution is -2.49. The molecule has 1 aliphatic heterocycles. The highest BCUT2D eigenvalue weighted by atomic mass is 32.2. The molecule has 1 aromatic heterocycles. The Balaban J connectivity index is 2.03. The Kier molecular flexibility index (Phi) is 5.70. The smallest absolute Gasteiger partial charge is 0.407 e. The molecule has 0 saturated carbocycles. The molecular weight excluding hydrogens is 336 g/mol. The van der Waals surface area contributed by atoms with E-state index in [1.165, 1.54) is 15.6 Å². The van der Waals surface area contributed by atoms with Gasteiger partial charge < -0.3 is 10.1 Å². The average molecular weight is 361 g/mol. The molecule has 1 N–H and O–H groups in total. The van der Waals surface area contributed by atoms with Crippen LogP contribution in [0.4, 0.5) is 4.79 Å². The minimum atomic E-state index is -3.49. The molecule has 1 fully saturated rings. The van der Waals surface area contributed by atoms with Crippen LogP contribution in [0.3, 0.4) is 0 Å². The molecule has 0 aliphatic carbocycles. The van der Waals surface area contributed by atoms with Gasteiger partial charge >= 0.3 is 6.09 Å². The fraction of sp³-hybridized carbons (Fsp3) is 0.667. The summed E-state index contributed by atoms with van der Waals surface area (Å²) in [6.07, 6.45) is 2.02. The molecule has 0 spiro atoms. The number of sulfonamides is 1. The summed E-state index contributed by atoms with van der Waals surface area (Å²) >= 11 is 1.22. The van der Waals surface area contributed by atoms with E-state index in [1.54, 1.807) is 38.3 Å². The fourth-order valence-corrected chi connectivity index (χ4v) is 5.35. The van der Waals surface area contributed by atoms with Gasteiger partial charge in [0.2, 0.25) is 0 Å². The van der Waals surface area contributed by atoms with Crippen molar-refractivity contribution in [3.05, 3.63) is 17.5 Å². The van der Waals surface area contributed by atoms with E-state index in [4.69, 9.17) is 4.74 Å². The predicted molar refractivity (Wildman–Crippen MR) is 90.1 cm³/mol. The molecule has 1 aliphatic rings. The van der Waals surface area contributed by atoms with Crippen LogP contribution in [0, 0.1) is 0 Å². The summed E-state index contributed by atoms with van der Waals surface area (Å²) in [6, 6.07) is 3.12. The summed E-state index contributed by atoms with van der Waals surface area (Å²) in [6.45, 7) is 6.13. The average Bonchev–Trinajstić information content (AvgIpc) is 2.98. The Hall–Kier alpha value is -1.12. The van der Waals surface area contributed by atoms with Gasteiger partial charge in [-0.1, -0.05) is 12.5 Å². The monoisotopic (exact) mass is 360 g/mol. The Morgan fingerprint density at radius 3 is 2.78 bits per heavy atom. The van der Waals surface area contributed by atoms with Crippen molar-refractivity contribution in [2.75, 3.05) is 13.1 Å². The zero-order chi connectivity index (χ0) is 17.1. The summed E-state index contributed by atoms with van der Waals surface area (Å²) in [7, 11) is -3.49. The molecule has 1 saturated heterocycles. The fourth-order valence-electron chi connectivity index (χ4n) is 2.54. The van der Waals surface area contributed by atoms with Crippen LogP contribution in [-0.2, 0) is 14.8 Å². The minimum absolute atomic E-state index is 0.233. The molecule has 8 heteroatoms. The highest BCUT2D eigenvalue weighted by molar-refractivity contribution is 7.91. The van der Waals surface area contributed by atoms with Crippen molar-refractivity contribution in [1.82, 2.24) is 9.62 Å². The Morgan fingerprint density at radius 2 is 2.17 bits per heavy atom. The van der Waals surface area contributed by atoms with E-state index in [2.05, 4.69) is 5.32 Å². The first-order valence-electron chi connectivity index (χ1n) is 7.72. The first kappa shape index (κ1) is 18.2. The topological polar surface area (TPSA) is 75.7 Å². The van der Waals surface area contributed by atoms with Crippen molar-refractivity contribution in [2.45, 2.75) is 55.9 Å². The van der Waals surface area contributed by atoms with Crippen molar-refractivity contribution in [2.24, 2.45) is 0 Å². The molecule has 2 rings (SSSR count). The highest BCUT2D eigenvalue weighted by Gasteiger charge is 2.34. The van der Waals surface area contributed by atoms with Crippen molar-refractivity contribution in [1.29, 1.82) is 0 Å². The normalized spacial score (nSPS) is 20.2. The maximum Gasteiger partial charge on any atom is 0.407 e. The van der Waals surface area contributed by atoms with Crippen molar-refractivity contribution < 1.29 is 17.9 Å². The maximum absolute atomic E-state index is 12.7. The third-order valence-electron chi connectivity index (χ3n) is 3.51. The molecule has 6 nitrogen and oxygen atoms in total. The van der Waals surface area contributed by atoms with Gasteiger partial charge in [-0.05, 0) is 45.1 Å². The van der Waals surface area contributed by atoms with Crippen LogP contribution in [-0.4, -0.2) is 43.5 Å². The van der Waals surface area contributed by atoms with Gasteiger partial charge in [-0.2, -0.15) is 4.31 Å². The number of alkyl carbamates (subject to hydrolysis) is 1. The van der Waals surface area contributed by atoms with E-state index in [0.29, 0.717) is 10.8 Å². The lowest BCUT2D eigenvalue weighted by Gasteiger charge is -2.34. The van der Waals surface area contributed by atoms with E-state index in [-0.39, 0.29) is 12.6 Å². The Morgan fingerprint density at radius 1 is 1.43 bits per heavy atom. The van der Waals surface area contributed by atoms with Gasteiger partial charge in [0, 0.05) is 19.1 Å². The lowest BCUT2D eigenvalue weighted by molar-refractivity contribution is 0.0512. The number of ether oxygens (including phenoxy) is 1. The van der Waals surface area contributed by atoms with Gasteiger partial charge in [0.25, 0.3) is 10.0 Å². The molecule has 1 atom stereocenters. The zero-order valence-corrected chi connectivity index (χ0v) is 15.4. The van der Waals surface area contributed by atoms with Crippen LogP contribution in [0.15, 0.2) is 21.7 Å². The van der Waals surface area contributed by atoms with Gasteiger partial charge in [-0.3, -0.25) is 0 Å². The SMILES string of the molecule is CC(C)(C)OC(=O)NCC1CCCCN1S(=O)(=O)c1cccs1. The molecule has 1 amide bonds. The van der Waals surface area contributed by atoms with Gasteiger partial charge in [-0.15, -0.1) is 11.3 Å². The number of thiophene rings is 1. The van der Waals surface area contributed by atoms with Crippen LogP contribution >= 0.6 is 11.3 Å². The predicted octanol–water partition coefficient (Wildman–Crippen LogP) is 2.82. The van der Waals surface area contributed by atoms with Crippen molar-refractivity contribution in [3.63, 3.8) is 0 Å². The van der Waals surface area contributed by atoms with Gasteiger partial charge in [0.05, 0.1) is 0 Å². The Bertz CT molecular complexity index is 620. The summed E-state index contributed by atoms with van der Waals surface area (Å²) in [5, 5.41) is 4.45. The molecule has 1 aromatic rings. The molecule has 0 aromatic carbocycles. The second-order valence-electron chi connectivity index (χ2n) is 6.58. The van der Waals surface area contributed by atoms with E-state index >= 15 is 0 Å². The number of piperidine rings is 1. The van der Waals surface area contributed by atoms with Crippen molar-refractivity contribution >= 4 is 27.5 Å². The van der Waals surface area contributed by atoms with E-state index in [9.17, 15) is 13.2 Å². The van der Waals surface area contributed by atoms with Gasteiger partial charge in [0.15, 0.2) is 0 Å². The molecule has 130 valence electrons. The second-order valence-corrected chi connectivity index (χ2v) is 9.65. The summed E-state index contributed by atoms with van der Waals surface area (Å²) < 4.78 is 32.5. The van der Waals surface area contributed by atoms with E-state index < -0.39 is 21.7 Å². The third-order valence-corrected chi connectivity index (χ3v) is 6.84. The number of nitrogens with zero attached hydrogens (tertiary/aromatic N) is 1. The van der Waals surface area contributed by atoms with Gasteiger partial charge in [0.1, 0.15) is 9.81 Å². The summed E-state index contributed by atoms with van der Waals surface area (Å²) in [5.74, 6) is 0. The quantitative estimate of drug-likeness (QED) is 0.896. The number of hydrogen-bond acceptors (Lipinski definition) is 5. The molecule has 23 heavy (non-hydrogen) atoms. The van der Waals surface area contributed by atoms with Crippen LogP contribution in [0.25, 0.3) is 0 Å². The van der Waals surface area contributed by atoms with E-state index in [1.807, 2.05) is 0 Å². The summed E-state index contributed by atoms with van der Waals surface area (Å²) in [5.41, 5.74) is -0.570. The first-order chi connectivity index (χ1) is 10.7. The first-order valence-corrected chi connectivity index (χ1v) is 10.0. The van der Waals surface area contributed by atoms with Crippen molar-refractivity contribution in [3.8, 4) is 0 Å². The molecule has 1 unspecified atom stereocenters. The molecular formula is C15H24N2O4S2. The number of carbonyl (C=O) groups excluding carboxylic acids is 1. The molecule has 0 radical (unpaired) electrons. The highest BCUT2D eigenvalue weighted by Crippen LogP contribution is 2.27. The Labute approximate surface area is 141 Å². The maximum atomic E-state index is 12.7. The molecule has 2 heterocycles. The number of amides is 1. The third kappa shape index (κ3) is 4.92. The minimum Gasteiger partial charge on any atom is -0.444 e. The second kappa shape index (κ2) is 7.19. The van der Waals surface area contributed by atoms with Crippen LogP contribution < -0.4 is 5.32 Å². The number of rotatable bonds is 4. The van der Waals surface area contributed by atoms with Crippen LogP contribution in [0.2, 0.25) is 0 Å². The summed E-state index contributed by atoms with van der Waals surface area (Å²) in [4.78, 5) is 11.8. The standard InChI is InChI=1S/C15H24N2O4S2/c1-15(2,3)21-14(18)16-11-12-7-4-5-9-17(12)23(19,20)13-8-6-10-22-13/h6,8,10,12H,4-5,7,9,11H2,1-3H3,(H,16,18). The number of nitrogens with one attached hydrogen (secondary N) is 1. The van der Waals surface area contributed by atoms with Gasteiger partial charge in [-0.25, -0.2) is 13.2 Å². The molecule has 0 bridgehead atoms. The van der Waals surface area contributed by atoms with E-state index in [0.717, 1.165) is 19.3 Å². The lowest BCUT2D eigenvalue weighted by atomic mass is 10.1. The largest absolute Gasteiger partial charge is 0.444 e. The number of hydrogen-bond donors (Lipinski definition) is 1. The van der Waals surface area contributed by atoms with Crippen LogP contribution in [0.5, 0.6) is 0 Å².